The lowest BCUT2D eigenvalue weighted by Crippen LogP contribution is -2.57. The summed E-state index contributed by atoms with van der Waals surface area (Å²) in [5.41, 5.74) is 1.44. The molecule has 2 fully saturated rings. The van der Waals surface area contributed by atoms with Crippen molar-refractivity contribution in [2.45, 2.75) is 102 Å². The minimum absolute atomic E-state index is 0.0603. The normalized spacial score (nSPS) is 17.2. The Labute approximate surface area is 378 Å². The quantitative estimate of drug-likeness (QED) is 0.0788. The third-order valence-electron chi connectivity index (χ3n) is 10.9. The molecule has 6 N–H and O–H groups in total. The Hall–Kier alpha value is -6.82. The van der Waals surface area contributed by atoms with Crippen LogP contribution in [0, 0.1) is 0 Å². The Morgan fingerprint density at radius 1 is 0.738 bits per heavy atom. The predicted molar refractivity (Wildman–Crippen MR) is 238 cm³/mol. The fraction of sp³-hybridized carbons (Fsp3) is 0.447. The highest BCUT2D eigenvalue weighted by Crippen LogP contribution is 2.22. The highest BCUT2D eigenvalue weighted by Gasteiger charge is 2.41. The molecule has 18 heteroatoms. The summed E-state index contributed by atoms with van der Waals surface area (Å²) in [5, 5.41) is 25.2. The second-order valence-corrected chi connectivity index (χ2v) is 17.0. The van der Waals surface area contributed by atoms with E-state index in [1.165, 1.54) is 4.90 Å². The number of ether oxygens (including phenoxy) is 2. The summed E-state index contributed by atoms with van der Waals surface area (Å²) in [6.45, 7) is 5.52. The molecule has 0 saturated carbocycles. The number of hydrogen-bond acceptors (Lipinski definition) is 11. The van der Waals surface area contributed by atoms with Gasteiger partial charge in [-0.05, 0) is 88.3 Å². The number of benzene rings is 3. The van der Waals surface area contributed by atoms with E-state index < -0.39 is 83.8 Å². The topological polar surface area (TPSA) is 242 Å². The van der Waals surface area contributed by atoms with Crippen LogP contribution in [-0.2, 0) is 55.9 Å². The van der Waals surface area contributed by atoms with Gasteiger partial charge in [-0.15, -0.1) is 0 Å². The molecule has 0 radical (unpaired) electrons. The van der Waals surface area contributed by atoms with Gasteiger partial charge in [0.05, 0.1) is 13.2 Å². The molecule has 65 heavy (non-hydrogen) atoms. The van der Waals surface area contributed by atoms with Crippen molar-refractivity contribution in [3.8, 4) is 5.75 Å². The van der Waals surface area contributed by atoms with Gasteiger partial charge in [-0.25, -0.2) is 4.79 Å². The molecule has 0 bridgehead atoms. The maximum Gasteiger partial charge on any atom is 0.396 e. The second kappa shape index (κ2) is 23.2. The lowest BCUT2D eigenvalue weighted by Gasteiger charge is -2.32. The Balaban J connectivity index is 1.11. The predicted octanol–water partition coefficient (Wildman–Crippen LogP) is 1.40. The van der Waals surface area contributed by atoms with Crippen LogP contribution < -0.4 is 31.3 Å². The molecule has 348 valence electrons. The van der Waals surface area contributed by atoms with Gasteiger partial charge < -0.3 is 51.0 Å². The van der Waals surface area contributed by atoms with Crippen molar-refractivity contribution < 1.29 is 52.9 Å². The summed E-state index contributed by atoms with van der Waals surface area (Å²) in [4.78, 5) is 106. The Kier molecular flexibility index (Phi) is 17.6. The molecule has 2 aliphatic rings. The van der Waals surface area contributed by atoms with Crippen LogP contribution in [0.3, 0.4) is 0 Å². The van der Waals surface area contributed by atoms with Crippen LogP contribution in [0.15, 0.2) is 84.9 Å². The lowest BCUT2D eigenvalue weighted by atomic mass is 9.99. The van der Waals surface area contributed by atoms with Crippen LogP contribution in [-0.4, -0.2) is 131 Å². The van der Waals surface area contributed by atoms with Gasteiger partial charge in [-0.1, -0.05) is 60.7 Å². The van der Waals surface area contributed by atoms with Crippen LogP contribution in [0.5, 0.6) is 5.75 Å². The maximum absolute atomic E-state index is 13.7. The largest absolute Gasteiger partial charge is 0.484 e. The average Bonchev–Trinajstić information content (AvgIpc) is 3.99. The molecular weight excluding hydrogens is 839 g/mol. The van der Waals surface area contributed by atoms with E-state index in [0.29, 0.717) is 43.7 Å². The lowest BCUT2D eigenvalue weighted by molar-refractivity contribution is -0.159. The minimum Gasteiger partial charge on any atom is -0.484 e. The third-order valence-corrected chi connectivity index (χ3v) is 10.9. The molecule has 0 unspecified atom stereocenters. The molecule has 2 saturated heterocycles. The van der Waals surface area contributed by atoms with Gasteiger partial charge in [-0.2, -0.15) is 0 Å². The minimum atomic E-state index is -1.64. The molecule has 0 spiro atoms. The summed E-state index contributed by atoms with van der Waals surface area (Å²) in [7, 11) is 1.08. The molecule has 3 aromatic rings. The fourth-order valence-electron chi connectivity index (χ4n) is 7.70. The zero-order chi connectivity index (χ0) is 47.1. The Bertz CT molecular complexity index is 2150. The maximum atomic E-state index is 13.7. The summed E-state index contributed by atoms with van der Waals surface area (Å²) < 4.78 is 10.2. The van der Waals surface area contributed by atoms with E-state index >= 15 is 0 Å². The van der Waals surface area contributed by atoms with Gasteiger partial charge in [0.15, 0.2) is 12.7 Å². The number of hydrogen-bond donors (Lipinski definition) is 6. The van der Waals surface area contributed by atoms with Crippen molar-refractivity contribution >= 4 is 53.0 Å². The molecule has 18 nitrogen and oxygen atoms in total. The number of nitrogens with one attached hydrogen (secondary N) is 5. The first-order valence-electron chi connectivity index (χ1n) is 21.7. The molecule has 5 rings (SSSR count). The Morgan fingerprint density at radius 3 is 1.92 bits per heavy atom. The number of anilines is 1. The summed E-state index contributed by atoms with van der Waals surface area (Å²) in [6, 6.07) is 20.5. The number of carbonyl (C=O) groups is 8. The van der Waals surface area contributed by atoms with Crippen LogP contribution >= 0.6 is 0 Å². The monoisotopic (exact) mass is 897 g/mol. The van der Waals surface area contributed by atoms with Gasteiger partial charge in [0.25, 0.3) is 11.8 Å². The molecule has 0 aliphatic carbocycles. The zero-order valence-electron chi connectivity index (χ0n) is 37.2. The van der Waals surface area contributed by atoms with E-state index in [1.807, 2.05) is 57.2 Å². The number of nitrogens with zero attached hydrogens (tertiary/aromatic N) is 2. The van der Waals surface area contributed by atoms with Gasteiger partial charge >= 0.3 is 11.9 Å². The van der Waals surface area contributed by atoms with Crippen molar-refractivity contribution in [3.63, 3.8) is 0 Å². The van der Waals surface area contributed by atoms with Gasteiger partial charge in [0.2, 0.25) is 23.6 Å². The molecular formula is C47H59N7O11. The summed E-state index contributed by atoms with van der Waals surface area (Å²) in [5.74, 6) is -4.82. The van der Waals surface area contributed by atoms with E-state index in [4.69, 9.17) is 4.74 Å². The van der Waals surface area contributed by atoms with E-state index in [1.54, 1.807) is 48.5 Å². The second-order valence-electron chi connectivity index (χ2n) is 17.0. The third kappa shape index (κ3) is 14.6. The molecule has 7 amide bonds. The first-order valence-corrected chi connectivity index (χ1v) is 21.7. The smallest absolute Gasteiger partial charge is 0.396 e. The van der Waals surface area contributed by atoms with Gasteiger partial charge in [-0.3, -0.25) is 33.6 Å². The molecule has 2 aliphatic heterocycles. The average molecular weight is 898 g/mol. The Morgan fingerprint density at radius 2 is 1.32 bits per heavy atom. The van der Waals surface area contributed by atoms with Crippen LogP contribution in [0.25, 0.3) is 0 Å². The standard InChI is InChI=1S/C47H59N7O11/c1-47(2,3)52-43(60)37-18-12-25-53(37)44(61)40(57)34(27-30-13-7-5-8-14-30)50-39(56)29-65-33-21-19-32(20-22-33)49-38(55)23-24-48-41(58)35(28-31-15-9-6-10-16-31)51-42(59)36-17-11-26-54(36)45(62)46(63)64-4/h5-10,13-16,19-22,34-37,40,57H,11-12,17-18,23-29H2,1-4H3,(H,48,58)(H,49,55)(H,50,56)(H,51,59)(H,52,60)/t34-,35+,36-,37-,40-/m0/s1. The van der Waals surface area contributed by atoms with E-state index in [-0.39, 0.29) is 38.3 Å². The van der Waals surface area contributed by atoms with Crippen molar-refractivity contribution in [1.29, 1.82) is 0 Å². The van der Waals surface area contributed by atoms with Gasteiger partial charge in [0.1, 0.15) is 23.9 Å². The fourth-order valence-corrected chi connectivity index (χ4v) is 7.70. The molecule has 5 atom stereocenters. The number of esters is 1. The zero-order valence-corrected chi connectivity index (χ0v) is 37.2. The molecule has 0 aromatic heterocycles. The highest BCUT2D eigenvalue weighted by atomic mass is 16.5. The number of rotatable bonds is 18. The number of aliphatic hydroxyl groups is 1. The number of likely N-dealkylation sites (tertiary alicyclic amines) is 2. The molecule has 2 heterocycles. The van der Waals surface area contributed by atoms with Crippen LogP contribution in [0.2, 0.25) is 0 Å². The van der Waals surface area contributed by atoms with E-state index in [0.717, 1.165) is 23.1 Å². The van der Waals surface area contributed by atoms with E-state index in [2.05, 4.69) is 31.3 Å². The summed E-state index contributed by atoms with van der Waals surface area (Å²) in [6.07, 6.45) is 0.368. The van der Waals surface area contributed by atoms with Crippen molar-refractivity contribution in [2.75, 3.05) is 38.7 Å². The molecule has 3 aromatic carbocycles. The van der Waals surface area contributed by atoms with Crippen molar-refractivity contribution in [3.05, 3.63) is 96.1 Å². The van der Waals surface area contributed by atoms with E-state index in [9.17, 15) is 43.5 Å². The highest BCUT2D eigenvalue weighted by molar-refractivity contribution is 6.32. The van der Waals surface area contributed by atoms with Crippen molar-refractivity contribution in [2.24, 2.45) is 0 Å². The number of aliphatic hydroxyl groups excluding tert-OH is 1. The first-order chi connectivity index (χ1) is 31.0. The number of methoxy groups -OCH3 is 1. The van der Waals surface area contributed by atoms with Crippen LogP contribution in [0.4, 0.5) is 5.69 Å². The van der Waals surface area contributed by atoms with Crippen LogP contribution in [0.1, 0.15) is 64.0 Å². The number of amides is 7. The SMILES string of the molecule is COC(=O)C(=O)N1CCC[C@H]1C(=O)N[C@H](Cc1ccccc1)C(=O)NCCC(=O)Nc1ccc(OCC(=O)N[C@@H](Cc2ccccc2)[C@H](O)C(=O)N2CCC[C@H]2C(=O)NC(C)(C)C)cc1. The number of carbonyl (C=O) groups excluding carboxylic acids is 8. The van der Waals surface area contributed by atoms with Crippen molar-refractivity contribution in [1.82, 2.24) is 31.1 Å². The van der Waals surface area contributed by atoms with Gasteiger partial charge in [0, 0.05) is 43.7 Å². The first kappa shape index (κ1) is 49.2. The summed E-state index contributed by atoms with van der Waals surface area (Å²) >= 11 is 0.